The van der Waals surface area contributed by atoms with E-state index in [1.165, 1.54) is 19.2 Å². The highest BCUT2D eigenvalue weighted by Gasteiger charge is 2.67. The lowest BCUT2D eigenvalue weighted by molar-refractivity contribution is -0.117. The largest absolute Gasteiger partial charge is 0.465 e. The van der Waals surface area contributed by atoms with Crippen LogP contribution in [0.4, 0.5) is 21.9 Å². The van der Waals surface area contributed by atoms with E-state index in [1.807, 2.05) is 0 Å². The van der Waals surface area contributed by atoms with E-state index in [0.717, 1.165) is 10.5 Å². The lowest BCUT2D eigenvalue weighted by Crippen LogP contribution is -2.24. The molecule has 0 saturated heterocycles. The maximum Gasteiger partial charge on any atom is 0.411 e. The number of nitrogens with zero attached hydrogens (tertiary/aromatic N) is 1. The molecular formula is C26H20BrCl4N3O4. The molecule has 0 unspecified atom stereocenters. The van der Waals surface area contributed by atoms with E-state index in [2.05, 4.69) is 26.6 Å². The van der Waals surface area contributed by atoms with Crippen LogP contribution in [0, 0.1) is 12.8 Å². The Bertz CT molecular complexity index is 1470. The first-order valence-corrected chi connectivity index (χ1v) is 13.4. The lowest BCUT2D eigenvalue weighted by atomic mass is 10.1. The van der Waals surface area contributed by atoms with Crippen molar-refractivity contribution in [2.45, 2.75) is 17.2 Å². The Morgan fingerprint density at radius 1 is 0.974 bits per heavy atom. The van der Waals surface area contributed by atoms with Gasteiger partial charge >= 0.3 is 6.09 Å². The fourth-order valence-electron chi connectivity index (χ4n) is 4.07. The highest BCUT2D eigenvalue weighted by atomic mass is 79.9. The monoisotopic (exact) mass is 657 g/mol. The topological polar surface area (TPSA) is 98.7 Å². The smallest absolute Gasteiger partial charge is 0.411 e. The van der Waals surface area contributed by atoms with Gasteiger partial charge in [-0.1, -0.05) is 29.3 Å². The molecule has 1 aliphatic carbocycles. The van der Waals surface area contributed by atoms with Gasteiger partial charge in [0.25, 0.3) is 5.91 Å². The Hall–Kier alpha value is -2.49. The average Bonchev–Trinajstić information content (AvgIpc) is 3.44. The standard InChI is InChI=1S/C26H20BrCl4N3O4/c1-12-9-15(34(2)25(37)38)5-8-20(12)33-23(35)16-11-14(4-7-18(16)28)32-24(36)22-21(26(22,30)31)13-3-6-17(27)19(29)10-13/h3-11,21-22H,1-2H3,(H,32,36)(H,33,35)(H,37,38)/t21-,22+/m0/s1. The Kier molecular flexibility index (Phi) is 8.21. The number of carboxylic acid groups (broad SMARTS) is 1. The molecule has 3 aromatic rings. The highest BCUT2D eigenvalue weighted by molar-refractivity contribution is 9.10. The number of carbonyl (C=O) groups excluding carboxylic acids is 2. The van der Waals surface area contributed by atoms with Crippen LogP contribution in [0.25, 0.3) is 0 Å². The summed E-state index contributed by atoms with van der Waals surface area (Å²) >= 11 is 28.7. The number of alkyl halides is 2. The zero-order chi connectivity index (χ0) is 27.9. The van der Waals surface area contributed by atoms with Gasteiger partial charge in [0.2, 0.25) is 5.91 Å². The van der Waals surface area contributed by atoms with E-state index in [0.29, 0.717) is 32.1 Å². The number of carbonyl (C=O) groups is 3. The molecule has 0 spiro atoms. The minimum atomic E-state index is -1.31. The number of hydrogen-bond donors (Lipinski definition) is 3. The summed E-state index contributed by atoms with van der Waals surface area (Å²) in [6.45, 7) is 1.74. The second-order valence-electron chi connectivity index (χ2n) is 8.78. The van der Waals surface area contributed by atoms with Crippen molar-refractivity contribution >= 4 is 97.3 Å². The Morgan fingerprint density at radius 2 is 1.68 bits per heavy atom. The fraction of sp³-hybridized carbons (Fsp3) is 0.192. The molecule has 0 aromatic heterocycles. The summed E-state index contributed by atoms with van der Waals surface area (Å²) in [6, 6.07) is 14.6. The molecule has 0 heterocycles. The average molecular weight is 660 g/mol. The summed E-state index contributed by atoms with van der Waals surface area (Å²) in [6.07, 6.45) is -1.11. The second kappa shape index (κ2) is 10.9. The molecule has 0 aliphatic heterocycles. The van der Waals surface area contributed by atoms with E-state index < -0.39 is 34.1 Å². The van der Waals surface area contributed by atoms with Crippen LogP contribution in [0.15, 0.2) is 59.1 Å². The summed E-state index contributed by atoms with van der Waals surface area (Å²) in [7, 11) is 1.42. The van der Waals surface area contributed by atoms with Crippen LogP contribution >= 0.6 is 62.3 Å². The molecule has 12 heteroatoms. The third-order valence-electron chi connectivity index (χ3n) is 6.25. The van der Waals surface area contributed by atoms with Crippen molar-refractivity contribution in [1.29, 1.82) is 0 Å². The van der Waals surface area contributed by atoms with Gasteiger partial charge in [0.05, 0.1) is 21.5 Å². The van der Waals surface area contributed by atoms with E-state index in [9.17, 15) is 14.4 Å². The van der Waals surface area contributed by atoms with Gasteiger partial charge in [0, 0.05) is 34.5 Å². The third kappa shape index (κ3) is 5.75. The van der Waals surface area contributed by atoms with Crippen LogP contribution in [0.2, 0.25) is 10.0 Å². The van der Waals surface area contributed by atoms with E-state index in [1.54, 1.807) is 49.4 Å². The highest BCUT2D eigenvalue weighted by Crippen LogP contribution is 2.65. The predicted octanol–water partition coefficient (Wildman–Crippen LogP) is 7.96. The van der Waals surface area contributed by atoms with Crippen LogP contribution in [0.5, 0.6) is 0 Å². The summed E-state index contributed by atoms with van der Waals surface area (Å²) < 4.78 is -0.600. The quantitative estimate of drug-likeness (QED) is 0.234. The van der Waals surface area contributed by atoms with Crippen LogP contribution in [0.3, 0.4) is 0 Å². The van der Waals surface area contributed by atoms with Gasteiger partial charge in [0.15, 0.2) is 0 Å². The number of rotatable bonds is 6. The number of anilines is 3. The molecule has 38 heavy (non-hydrogen) atoms. The molecule has 3 N–H and O–H groups in total. The van der Waals surface area contributed by atoms with Gasteiger partial charge in [-0.15, -0.1) is 23.2 Å². The third-order valence-corrected chi connectivity index (χ3v) is 8.75. The van der Waals surface area contributed by atoms with Gasteiger partial charge in [0.1, 0.15) is 4.33 Å². The zero-order valence-corrected chi connectivity index (χ0v) is 24.5. The molecule has 2 atom stereocenters. The molecule has 1 aliphatic rings. The molecule has 0 bridgehead atoms. The number of benzene rings is 3. The molecular weight excluding hydrogens is 640 g/mol. The number of amides is 3. The molecule has 0 radical (unpaired) electrons. The van der Waals surface area contributed by atoms with Gasteiger partial charge in [-0.2, -0.15) is 0 Å². The van der Waals surface area contributed by atoms with Crippen molar-refractivity contribution in [3.63, 3.8) is 0 Å². The number of hydrogen-bond acceptors (Lipinski definition) is 3. The van der Waals surface area contributed by atoms with Crippen LogP contribution in [-0.2, 0) is 4.79 Å². The maximum absolute atomic E-state index is 13.1. The van der Waals surface area contributed by atoms with Gasteiger partial charge in [-0.05, 0) is 82.5 Å². The Balaban J connectivity index is 1.49. The summed E-state index contributed by atoms with van der Waals surface area (Å²) in [5.74, 6) is -2.12. The van der Waals surface area contributed by atoms with E-state index in [-0.39, 0.29) is 10.6 Å². The number of halogens is 5. The minimum Gasteiger partial charge on any atom is -0.465 e. The van der Waals surface area contributed by atoms with E-state index >= 15 is 0 Å². The van der Waals surface area contributed by atoms with Crippen molar-refractivity contribution < 1.29 is 19.5 Å². The summed E-state index contributed by atoms with van der Waals surface area (Å²) in [5.41, 5.74) is 2.78. The van der Waals surface area contributed by atoms with Gasteiger partial charge in [-0.25, -0.2) is 4.79 Å². The van der Waals surface area contributed by atoms with Crippen LogP contribution < -0.4 is 15.5 Å². The second-order valence-corrected chi connectivity index (χ2v) is 11.9. The lowest BCUT2D eigenvalue weighted by Gasteiger charge is -2.16. The molecule has 3 amide bonds. The number of aryl methyl sites for hydroxylation is 1. The molecule has 1 fully saturated rings. The Morgan fingerprint density at radius 3 is 2.32 bits per heavy atom. The number of nitrogens with one attached hydrogen (secondary N) is 2. The van der Waals surface area contributed by atoms with Crippen molar-refractivity contribution in [3.05, 3.63) is 85.8 Å². The summed E-state index contributed by atoms with van der Waals surface area (Å²) in [5, 5.41) is 15.3. The normalized spacial score (nSPS) is 17.4. The summed E-state index contributed by atoms with van der Waals surface area (Å²) in [4.78, 5) is 38.3. The molecule has 7 nitrogen and oxygen atoms in total. The maximum atomic E-state index is 13.1. The van der Waals surface area contributed by atoms with Crippen LogP contribution in [-0.4, -0.2) is 34.4 Å². The van der Waals surface area contributed by atoms with Crippen molar-refractivity contribution in [1.82, 2.24) is 0 Å². The van der Waals surface area contributed by atoms with Crippen molar-refractivity contribution in [2.75, 3.05) is 22.6 Å². The van der Waals surface area contributed by atoms with Gasteiger partial charge in [-0.3, -0.25) is 14.5 Å². The Labute approximate surface area is 247 Å². The molecule has 1 saturated carbocycles. The first-order valence-electron chi connectivity index (χ1n) is 11.1. The van der Waals surface area contributed by atoms with Crippen molar-refractivity contribution in [2.24, 2.45) is 5.92 Å². The zero-order valence-electron chi connectivity index (χ0n) is 19.9. The first kappa shape index (κ1) is 28.5. The molecule has 198 valence electrons. The van der Waals surface area contributed by atoms with Crippen LogP contribution in [0.1, 0.15) is 27.4 Å². The minimum absolute atomic E-state index is 0.130. The first-order chi connectivity index (χ1) is 17.8. The fourth-order valence-corrected chi connectivity index (χ4v) is 5.53. The SMILES string of the molecule is Cc1cc(N(C)C(=O)O)ccc1NC(=O)c1cc(NC(=O)[C@H]2[C@H](c3ccc(Br)c(Cl)c3)C2(Cl)Cl)ccc1Cl. The van der Waals surface area contributed by atoms with Crippen molar-refractivity contribution in [3.8, 4) is 0 Å². The predicted molar refractivity (Wildman–Crippen MR) is 155 cm³/mol. The van der Waals surface area contributed by atoms with Gasteiger partial charge < -0.3 is 15.7 Å². The molecule has 3 aromatic carbocycles. The molecule has 4 rings (SSSR count). The van der Waals surface area contributed by atoms with E-state index in [4.69, 9.17) is 51.5 Å².